The van der Waals surface area contributed by atoms with Gasteiger partial charge in [0.25, 0.3) is 0 Å². The second-order valence-electron chi connectivity index (χ2n) is 3.52. The highest BCUT2D eigenvalue weighted by Crippen LogP contribution is 2.06. The van der Waals surface area contributed by atoms with Gasteiger partial charge in [-0.1, -0.05) is 0 Å². The number of piperidine rings is 1. The Hall–Kier alpha value is -0.610. The zero-order chi connectivity index (χ0) is 10.2. The molecule has 14 heavy (non-hydrogen) atoms. The molecule has 1 atom stereocenters. The van der Waals surface area contributed by atoms with Gasteiger partial charge < -0.3 is 14.8 Å². The van der Waals surface area contributed by atoms with Crippen LogP contribution in [0.25, 0.3) is 0 Å². The summed E-state index contributed by atoms with van der Waals surface area (Å²) >= 11 is 0. The van der Waals surface area contributed by atoms with E-state index >= 15 is 0 Å². The van der Waals surface area contributed by atoms with Crippen LogP contribution in [0, 0.1) is 0 Å². The summed E-state index contributed by atoms with van der Waals surface area (Å²) in [5, 5.41) is 3.28. The van der Waals surface area contributed by atoms with Crippen molar-refractivity contribution >= 4 is 5.97 Å². The standard InChI is InChI=1S/C10H19NO3/c1-13-10(12)5-3-7-14-9-4-2-6-11-8-9/h9,11H,2-8H2,1H3/t9-/m0/s1. The number of esters is 1. The van der Waals surface area contributed by atoms with Gasteiger partial charge in [0.2, 0.25) is 0 Å². The van der Waals surface area contributed by atoms with Gasteiger partial charge in [0.15, 0.2) is 0 Å². The molecule has 1 saturated heterocycles. The van der Waals surface area contributed by atoms with Crippen molar-refractivity contribution in [2.24, 2.45) is 0 Å². The lowest BCUT2D eigenvalue weighted by Gasteiger charge is -2.22. The molecule has 1 rings (SSSR count). The lowest BCUT2D eigenvalue weighted by atomic mass is 10.1. The molecular formula is C10H19NO3. The predicted octanol–water partition coefficient (Wildman–Crippen LogP) is 0.708. The second kappa shape index (κ2) is 6.79. The number of rotatable bonds is 5. The molecule has 0 aliphatic carbocycles. The normalized spacial score (nSPS) is 21.9. The van der Waals surface area contributed by atoms with Gasteiger partial charge in [0, 0.05) is 19.6 Å². The van der Waals surface area contributed by atoms with Crippen LogP contribution in [-0.2, 0) is 14.3 Å². The first-order chi connectivity index (χ1) is 6.83. The molecule has 82 valence electrons. The number of hydrogen-bond acceptors (Lipinski definition) is 4. The first kappa shape index (κ1) is 11.5. The van der Waals surface area contributed by atoms with Gasteiger partial charge in [-0.15, -0.1) is 0 Å². The van der Waals surface area contributed by atoms with E-state index in [1.807, 2.05) is 0 Å². The predicted molar refractivity (Wildman–Crippen MR) is 53.1 cm³/mol. The molecule has 0 spiro atoms. The van der Waals surface area contributed by atoms with Gasteiger partial charge in [-0.2, -0.15) is 0 Å². The number of hydrogen-bond donors (Lipinski definition) is 1. The summed E-state index contributed by atoms with van der Waals surface area (Å²) in [6.45, 7) is 2.70. The van der Waals surface area contributed by atoms with E-state index in [9.17, 15) is 4.79 Å². The summed E-state index contributed by atoms with van der Waals surface area (Å²) in [4.78, 5) is 10.8. The lowest BCUT2D eigenvalue weighted by molar-refractivity contribution is -0.141. The van der Waals surface area contributed by atoms with Crippen molar-refractivity contribution in [3.63, 3.8) is 0 Å². The molecule has 1 N–H and O–H groups in total. The average Bonchev–Trinajstić information content (AvgIpc) is 2.25. The molecule has 0 aromatic heterocycles. The van der Waals surface area contributed by atoms with E-state index in [2.05, 4.69) is 10.1 Å². The minimum atomic E-state index is -0.157. The minimum Gasteiger partial charge on any atom is -0.469 e. The number of ether oxygens (including phenoxy) is 2. The smallest absolute Gasteiger partial charge is 0.305 e. The van der Waals surface area contributed by atoms with Gasteiger partial charge in [-0.25, -0.2) is 0 Å². The first-order valence-electron chi connectivity index (χ1n) is 5.22. The summed E-state index contributed by atoms with van der Waals surface area (Å²) in [7, 11) is 1.41. The highest BCUT2D eigenvalue weighted by atomic mass is 16.5. The molecule has 0 bridgehead atoms. The van der Waals surface area contributed by atoms with Crippen molar-refractivity contribution in [3.05, 3.63) is 0 Å². The van der Waals surface area contributed by atoms with Crippen LogP contribution in [0.1, 0.15) is 25.7 Å². The molecule has 0 amide bonds. The fourth-order valence-corrected chi connectivity index (χ4v) is 1.53. The molecule has 0 unspecified atom stereocenters. The Kier molecular flexibility index (Phi) is 5.56. The van der Waals surface area contributed by atoms with Crippen molar-refractivity contribution in [2.75, 3.05) is 26.8 Å². The third-order valence-electron chi connectivity index (χ3n) is 2.36. The van der Waals surface area contributed by atoms with E-state index in [0.29, 0.717) is 19.1 Å². The van der Waals surface area contributed by atoms with Crippen molar-refractivity contribution in [1.29, 1.82) is 0 Å². The van der Waals surface area contributed by atoms with Crippen molar-refractivity contribution in [1.82, 2.24) is 5.32 Å². The summed E-state index contributed by atoms with van der Waals surface area (Å²) in [5.41, 5.74) is 0. The van der Waals surface area contributed by atoms with Crippen LogP contribution in [0.3, 0.4) is 0 Å². The van der Waals surface area contributed by atoms with E-state index < -0.39 is 0 Å². The molecule has 0 aromatic carbocycles. The maximum Gasteiger partial charge on any atom is 0.305 e. The quantitative estimate of drug-likeness (QED) is 0.525. The Morgan fingerprint density at radius 3 is 3.07 bits per heavy atom. The maximum absolute atomic E-state index is 10.8. The van der Waals surface area contributed by atoms with Crippen LogP contribution in [-0.4, -0.2) is 38.9 Å². The van der Waals surface area contributed by atoms with E-state index in [-0.39, 0.29) is 5.97 Å². The molecule has 1 aliphatic rings. The lowest BCUT2D eigenvalue weighted by Crippen LogP contribution is -2.35. The van der Waals surface area contributed by atoms with Crippen molar-refractivity contribution < 1.29 is 14.3 Å². The van der Waals surface area contributed by atoms with Gasteiger partial charge in [0.1, 0.15) is 0 Å². The molecule has 4 heteroatoms. The zero-order valence-electron chi connectivity index (χ0n) is 8.75. The maximum atomic E-state index is 10.8. The first-order valence-corrected chi connectivity index (χ1v) is 5.22. The van der Waals surface area contributed by atoms with Crippen LogP contribution in [0.2, 0.25) is 0 Å². The number of carbonyl (C=O) groups excluding carboxylic acids is 1. The van der Waals surface area contributed by atoms with E-state index in [1.54, 1.807) is 0 Å². The van der Waals surface area contributed by atoms with Gasteiger partial charge in [0.05, 0.1) is 13.2 Å². The molecule has 1 fully saturated rings. The Morgan fingerprint density at radius 1 is 1.57 bits per heavy atom. The fourth-order valence-electron chi connectivity index (χ4n) is 1.53. The highest BCUT2D eigenvalue weighted by Gasteiger charge is 2.12. The Labute approximate surface area is 85.0 Å². The number of carbonyl (C=O) groups is 1. The van der Waals surface area contributed by atoms with E-state index in [0.717, 1.165) is 25.9 Å². The Morgan fingerprint density at radius 2 is 2.43 bits per heavy atom. The Bertz CT molecular complexity index is 167. The zero-order valence-corrected chi connectivity index (χ0v) is 8.75. The summed E-state index contributed by atoms with van der Waals surface area (Å²) in [6, 6.07) is 0. The third kappa shape index (κ3) is 4.58. The molecule has 0 saturated carbocycles. The SMILES string of the molecule is COC(=O)CCCO[C@H]1CCCNC1. The Balaban J connectivity index is 1.94. The third-order valence-corrected chi connectivity index (χ3v) is 2.36. The van der Waals surface area contributed by atoms with Gasteiger partial charge in [-0.05, 0) is 25.8 Å². The molecule has 1 heterocycles. The van der Waals surface area contributed by atoms with Crippen molar-refractivity contribution in [3.8, 4) is 0 Å². The van der Waals surface area contributed by atoms with Crippen LogP contribution in [0.15, 0.2) is 0 Å². The van der Waals surface area contributed by atoms with Gasteiger partial charge >= 0.3 is 5.97 Å². The van der Waals surface area contributed by atoms with E-state index in [4.69, 9.17) is 4.74 Å². The van der Waals surface area contributed by atoms with Crippen LogP contribution in [0.5, 0.6) is 0 Å². The molecule has 0 radical (unpaired) electrons. The largest absolute Gasteiger partial charge is 0.469 e. The summed E-state index contributed by atoms with van der Waals surface area (Å²) < 4.78 is 10.1. The van der Waals surface area contributed by atoms with Crippen LogP contribution < -0.4 is 5.32 Å². The highest BCUT2D eigenvalue weighted by molar-refractivity contribution is 5.68. The van der Waals surface area contributed by atoms with Crippen molar-refractivity contribution in [2.45, 2.75) is 31.8 Å². The second-order valence-corrected chi connectivity index (χ2v) is 3.52. The molecule has 1 aliphatic heterocycles. The topological polar surface area (TPSA) is 47.6 Å². The average molecular weight is 201 g/mol. The molecule has 0 aromatic rings. The fraction of sp³-hybridized carbons (Fsp3) is 0.900. The van der Waals surface area contributed by atoms with Crippen LogP contribution in [0.4, 0.5) is 0 Å². The molecule has 4 nitrogen and oxygen atoms in total. The van der Waals surface area contributed by atoms with Crippen LogP contribution >= 0.6 is 0 Å². The number of methoxy groups -OCH3 is 1. The molecular weight excluding hydrogens is 182 g/mol. The summed E-state index contributed by atoms with van der Waals surface area (Å²) in [5.74, 6) is -0.157. The number of nitrogens with one attached hydrogen (secondary N) is 1. The van der Waals surface area contributed by atoms with Gasteiger partial charge in [-0.3, -0.25) is 4.79 Å². The summed E-state index contributed by atoms with van der Waals surface area (Å²) in [6.07, 6.45) is 3.86. The van der Waals surface area contributed by atoms with E-state index in [1.165, 1.54) is 13.5 Å². The monoisotopic (exact) mass is 201 g/mol. The minimum absolute atomic E-state index is 0.157.